The van der Waals surface area contributed by atoms with E-state index in [1.807, 2.05) is 11.8 Å². The summed E-state index contributed by atoms with van der Waals surface area (Å²) >= 11 is 1.99. The lowest BCUT2D eigenvalue weighted by atomic mass is 9.89. The second-order valence-corrected chi connectivity index (χ2v) is 4.36. The minimum Gasteiger partial charge on any atom is -0.465 e. The van der Waals surface area contributed by atoms with Crippen LogP contribution >= 0.6 is 11.8 Å². The first-order valence-corrected chi connectivity index (χ1v) is 4.99. The van der Waals surface area contributed by atoms with Gasteiger partial charge in [0.2, 0.25) is 0 Å². The molecule has 11 heavy (non-hydrogen) atoms. The zero-order chi connectivity index (χ0) is 7.73. The Bertz CT molecular complexity index is 161. The highest BCUT2D eigenvalue weighted by atomic mass is 32.2. The van der Waals surface area contributed by atoms with Gasteiger partial charge in [-0.2, -0.15) is 11.8 Å². The normalized spacial score (nSPS) is 28.2. The average Bonchev–Trinajstić information content (AvgIpc) is 2.45. The lowest BCUT2D eigenvalue weighted by Crippen LogP contribution is -2.36. The summed E-state index contributed by atoms with van der Waals surface area (Å²) in [6.45, 7) is 5.23. The van der Waals surface area contributed by atoms with Crippen molar-refractivity contribution in [1.82, 2.24) is 0 Å². The third kappa shape index (κ3) is 1.34. The third-order valence-electron chi connectivity index (χ3n) is 2.26. The Hall–Kier alpha value is -0.310. The van der Waals surface area contributed by atoms with Gasteiger partial charge in [0.25, 0.3) is 5.95 Å². The fraction of sp³-hybridized carbons (Fsp3) is 0.750. The Balaban J connectivity index is 1.99. The molecule has 0 N–H and O–H groups in total. The van der Waals surface area contributed by atoms with Crippen LogP contribution in [0.3, 0.4) is 0 Å². The van der Waals surface area contributed by atoms with Crippen LogP contribution in [0.2, 0.25) is 0 Å². The summed E-state index contributed by atoms with van der Waals surface area (Å²) in [6.07, 6.45) is 1.23. The average molecular weight is 172 g/mol. The van der Waals surface area contributed by atoms with Crippen LogP contribution in [0.1, 0.15) is 6.42 Å². The minimum absolute atomic E-state index is 0.311. The van der Waals surface area contributed by atoms with E-state index >= 15 is 0 Å². The quantitative estimate of drug-likeness (QED) is 0.553. The van der Waals surface area contributed by atoms with Gasteiger partial charge in [-0.1, -0.05) is 0 Å². The third-order valence-corrected chi connectivity index (χ3v) is 3.57. The van der Waals surface area contributed by atoms with Crippen molar-refractivity contribution in [2.24, 2.45) is 5.41 Å². The Morgan fingerprint density at radius 2 is 2.09 bits per heavy atom. The van der Waals surface area contributed by atoms with E-state index in [-0.39, 0.29) is 0 Å². The van der Waals surface area contributed by atoms with Crippen molar-refractivity contribution in [2.45, 2.75) is 6.42 Å². The molecular weight excluding hydrogens is 160 g/mol. The first kappa shape index (κ1) is 7.35. The first-order valence-electron chi connectivity index (χ1n) is 3.83. The summed E-state index contributed by atoms with van der Waals surface area (Å²) in [6, 6.07) is 0. The van der Waals surface area contributed by atoms with Crippen molar-refractivity contribution >= 4 is 11.8 Å². The van der Waals surface area contributed by atoms with E-state index in [0.29, 0.717) is 11.4 Å². The molecule has 2 aliphatic rings. The molecule has 1 spiro atoms. The maximum atomic E-state index is 5.29. The zero-order valence-electron chi connectivity index (χ0n) is 6.47. The van der Waals surface area contributed by atoms with Gasteiger partial charge in [0, 0.05) is 11.2 Å². The van der Waals surface area contributed by atoms with Gasteiger partial charge < -0.3 is 9.47 Å². The predicted octanol–water partition coefficient (Wildman–Crippen LogP) is 1.63. The van der Waals surface area contributed by atoms with Crippen LogP contribution in [0.15, 0.2) is 12.5 Å². The summed E-state index contributed by atoms with van der Waals surface area (Å²) in [5, 5.41) is 0. The molecule has 0 aliphatic carbocycles. The van der Waals surface area contributed by atoms with E-state index in [1.54, 1.807) is 0 Å². The highest BCUT2D eigenvalue weighted by molar-refractivity contribution is 7.99. The maximum absolute atomic E-state index is 5.29. The van der Waals surface area contributed by atoms with Gasteiger partial charge in [0.05, 0.1) is 0 Å². The molecule has 2 heterocycles. The van der Waals surface area contributed by atoms with Crippen molar-refractivity contribution in [3.8, 4) is 0 Å². The summed E-state index contributed by atoms with van der Waals surface area (Å²) in [5.74, 6) is 2.92. The van der Waals surface area contributed by atoms with E-state index in [4.69, 9.17) is 9.47 Å². The van der Waals surface area contributed by atoms with Crippen molar-refractivity contribution in [1.29, 1.82) is 0 Å². The molecular formula is C8H12O2S. The summed E-state index contributed by atoms with van der Waals surface area (Å²) in [7, 11) is 0. The van der Waals surface area contributed by atoms with Crippen LogP contribution in [-0.2, 0) is 9.47 Å². The van der Waals surface area contributed by atoms with Gasteiger partial charge in [-0.05, 0) is 18.8 Å². The Morgan fingerprint density at radius 3 is 2.64 bits per heavy atom. The predicted molar refractivity (Wildman–Crippen MR) is 45.4 cm³/mol. The SMILES string of the molecule is C=C1OCC2(CCSC2)CO1. The summed E-state index contributed by atoms with van der Waals surface area (Å²) < 4.78 is 10.6. The first-order chi connectivity index (χ1) is 5.31. The molecule has 0 radical (unpaired) electrons. The lowest BCUT2D eigenvalue weighted by molar-refractivity contribution is -0.0876. The summed E-state index contributed by atoms with van der Waals surface area (Å²) in [5.41, 5.74) is 0.311. The molecule has 2 saturated heterocycles. The number of hydrogen-bond acceptors (Lipinski definition) is 3. The molecule has 0 bridgehead atoms. The molecule has 0 amide bonds. The van der Waals surface area contributed by atoms with Gasteiger partial charge in [0.1, 0.15) is 13.2 Å². The van der Waals surface area contributed by atoms with E-state index in [1.165, 1.54) is 17.9 Å². The number of hydrogen-bond donors (Lipinski definition) is 0. The second kappa shape index (κ2) is 2.63. The second-order valence-electron chi connectivity index (χ2n) is 3.25. The fourth-order valence-corrected chi connectivity index (χ4v) is 2.89. The van der Waals surface area contributed by atoms with E-state index in [0.717, 1.165) is 13.2 Å². The smallest absolute Gasteiger partial charge is 0.271 e. The highest BCUT2D eigenvalue weighted by Crippen LogP contribution is 2.39. The standard InChI is InChI=1S/C8H12O2S/c1-7-9-4-8(5-10-7)2-3-11-6-8/h1-6H2. The molecule has 0 saturated carbocycles. The molecule has 0 atom stereocenters. The topological polar surface area (TPSA) is 18.5 Å². The molecule has 2 fully saturated rings. The molecule has 3 heteroatoms. The van der Waals surface area contributed by atoms with Gasteiger partial charge in [-0.15, -0.1) is 0 Å². The van der Waals surface area contributed by atoms with E-state index in [2.05, 4.69) is 6.58 Å². The van der Waals surface area contributed by atoms with E-state index in [9.17, 15) is 0 Å². The Labute approximate surface area is 70.9 Å². The molecule has 0 unspecified atom stereocenters. The molecule has 2 nitrogen and oxygen atoms in total. The monoisotopic (exact) mass is 172 g/mol. The summed E-state index contributed by atoms with van der Waals surface area (Å²) in [4.78, 5) is 0. The fourth-order valence-electron chi connectivity index (χ4n) is 1.43. The van der Waals surface area contributed by atoms with Crippen molar-refractivity contribution in [2.75, 3.05) is 24.7 Å². The van der Waals surface area contributed by atoms with Crippen molar-refractivity contribution in [3.05, 3.63) is 12.5 Å². The molecule has 0 aromatic rings. The molecule has 0 aromatic carbocycles. The van der Waals surface area contributed by atoms with Gasteiger partial charge in [-0.25, -0.2) is 0 Å². The number of thioether (sulfide) groups is 1. The zero-order valence-corrected chi connectivity index (χ0v) is 7.28. The Morgan fingerprint density at radius 1 is 1.36 bits per heavy atom. The van der Waals surface area contributed by atoms with Crippen LogP contribution in [0.4, 0.5) is 0 Å². The van der Waals surface area contributed by atoms with Gasteiger partial charge >= 0.3 is 0 Å². The van der Waals surface area contributed by atoms with E-state index < -0.39 is 0 Å². The molecule has 0 aromatic heterocycles. The molecule has 62 valence electrons. The van der Waals surface area contributed by atoms with Gasteiger partial charge in [-0.3, -0.25) is 0 Å². The highest BCUT2D eigenvalue weighted by Gasteiger charge is 2.39. The lowest BCUT2D eigenvalue weighted by Gasteiger charge is -2.33. The maximum Gasteiger partial charge on any atom is 0.271 e. The molecule has 2 rings (SSSR count). The number of ether oxygens (including phenoxy) is 2. The van der Waals surface area contributed by atoms with Crippen LogP contribution < -0.4 is 0 Å². The Kier molecular flexibility index (Phi) is 1.75. The van der Waals surface area contributed by atoms with Crippen LogP contribution in [0.5, 0.6) is 0 Å². The van der Waals surface area contributed by atoms with Crippen molar-refractivity contribution in [3.63, 3.8) is 0 Å². The molecule has 2 aliphatic heterocycles. The van der Waals surface area contributed by atoms with Gasteiger partial charge in [0.15, 0.2) is 0 Å². The minimum atomic E-state index is 0.311. The van der Waals surface area contributed by atoms with Crippen molar-refractivity contribution < 1.29 is 9.47 Å². The van der Waals surface area contributed by atoms with Crippen LogP contribution in [0, 0.1) is 5.41 Å². The van der Waals surface area contributed by atoms with Crippen LogP contribution in [-0.4, -0.2) is 24.7 Å². The largest absolute Gasteiger partial charge is 0.465 e. The number of rotatable bonds is 0. The van der Waals surface area contributed by atoms with Crippen LogP contribution in [0.25, 0.3) is 0 Å².